The Morgan fingerprint density at radius 3 is 2.55 bits per heavy atom. The van der Waals surface area contributed by atoms with Crippen molar-refractivity contribution in [2.75, 3.05) is 11.1 Å². The maximum atomic E-state index is 12.3. The van der Waals surface area contributed by atoms with Crippen LogP contribution in [0.2, 0.25) is 5.02 Å². The summed E-state index contributed by atoms with van der Waals surface area (Å²) in [5, 5.41) is 12.5. The van der Waals surface area contributed by atoms with Crippen molar-refractivity contribution in [2.45, 2.75) is 5.16 Å². The molecular weight excluding hydrogens is 408 g/mol. The fourth-order valence-electron chi connectivity index (χ4n) is 2.62. The summed E-state index contributed by atoms with van der Waals surface area (Å²) >= 11 is 7.11. The maximum absolute atomic E-state index is 12.3. The highest BCUT2D eigenvalue weighted by Crippen LogP contribution is 2.27. The second kappa shape index (κ2) is 8.85. The summed E-state index contributed by atoms with van der Waals surface area (Å²) < 4.78 is 1.92. The zero-order valence-electron chi connectivity index (χ0n) is 15.1. The molecule has 3 heterocycles. The first kappa shape index (κ1) is 19.1. The highest BCUT2D eigenvalue weighted by atomic mass is 35.5. The van der Waals surface area contributed by atoms with Gasteiger partial charge in [0.15, 0.2) is 11.0 Å². The number of para-hydroxylation sites is 1. The number of rotatable bonds is 6. The predicted octanol–water partition coefficient (Wildman–Crippen LogP) is 4.11. The van der Waals surface area contributed by atoms with Gasteiger partial charge in [0, 0.05) is 29.8 Å². The summed E-state index contributed by atoms with van der Waals surface area (Å²) in [7, 11) is 0. The van der Waals surface area contributed by atoms with E-state index in [1.54, 1.807) is 24.5 Å². The van der Waals surface area contributed by atoms with Gasteiger partial charge in [0.05, 0.1) is 10.8 Å². The highest BCUT2D eigenvalue weighted by molar-refractivity contribution is 7.99. The molecule has 29 heavy (non-hydrogen) atoms. The van der Waals surface area contributed by atoms with Gasteiger partial charge in [-0.05, 0) is 36.4 Å². The molecule has 0 unspecified atom stereocenters. The third-order valence-electron chi connectivity index (χ3n) is 3.91. The number of carbonyl (C=O) groups excluding carboxylic acids is 1. The Kier molecular flexibility index (Phi) is 5.83. The van der Waals surface area contributed by atoms with Gasteiger partial charge >= 0.3 is 0 Å². The van der Waals surface area contributed by atoms with E-state index >= 15 is 0 Å². The lowest BCUT2D eigenvalue weighted by Crippen LogP contribution is -2.15. The van der Waals surface area contributed by atoms with Gasteiger partial charge in [0.2, 0.25) is 5.91 Å². The number of thioether (sulfide) groups is 1. The van der Waals surface area contributed by atoms with Crippen LogP contribution in [-0.4, -0.2) is 36.4 Å². The number of aromatic nitrogens is 5. The van der Waals surface area contributed by atoms with Crippen molar-refractivity contribution in [3.63, 3.8) is 0 Å². The van der Waals surface area contributed by atoms with Crippen molar-refractivity contribution < 1.29 is 4.79 Å². The molecule has 0 spiro atoms. The van der Waals surface area contributed by atoms with Crippen molar-refractivity contribution in [3.8, 4) is 17.1 Å². The average Bonchev–Trinajstić information content (AvgIpc) is 3.19. The maximum Gasteiger partial charge on any atom is 0.236 e. The lowest BCUT2D eigenvalue weighted by molar-refractivity contribution is -0.113. The second-order valence-electron chi connectivity index (χ2n) is 5.91. The van der Waals surface area contributed by atoms with E-state index in [9.17, 15) is 4.79 Å². The third-order valence-corrected chi connectivity index (χ3v) is 5.07. The normalized spacial score (nSPS) is 10.7. The molecule has 0 bridgehead atoms. The van der Waals surface area contributed by atoms with E-state index in [0.717, 1.165) is 11.3 Å². The first-order chi connectivity index (χ1) is 14.2. The van der Waals surface area contributed by atoms with Crippen LogP contribution in [0.25, 0.3) is 17.1 Å². The Labute approximate surface area is 176 Å². The van der Waals surface area contributed by atoms with Crippen molar-refractivity contribution in [2.24, 2.45) is 0 Å². The van der Waals surface area contributed by atoms with Crippen molar-refractivity contribution in [1.82, 2.24) is 24.7 Å². The van der Waals surface area contributed by atoms with Crippen LogP contribution in [0.15, 0.2) is 78.3 Å². The van der Waals surface area contributed by atoms with Crippen LogP contribution in [0, 0.1) is 0 Å². The molecule has 7 nitrogen and oxygen atoms in total. The minimum absolute atomic E-state index is 0.158. The van der Waals surface area contributed by atoms with E-state index < -0.39 is 0 Å². The lowest BCUT2D eigenvalue weighted by atomic mass is 10.2. The number of anilines is 1. The molecule has 0 saturated carbocycles. The molecule has 4 rings (SSSR count). The number of halogens is 1. The van der Waals surface area contributed by atoms with E-state index in [1.807, 2.05) is 47.0 Å². The molecule has 0 saturated heterocycles. The number of hydrogen-bond acceptors (Lipinski definition) is 6. The number of amides is 1. The summed E-state index contributed by atoms with van der Waals surface area (Å²) in [6.45, 7) is 0. The van der Waals surface area contributed by atoms with Crippen molar-refractivity contribution in [3.05, 3.63) is 78.2 Å². The number of nitrogens with zero attached hydrogens (tertiary/aromatic N) is 5. The largest absolute Gasteiger partial charge is 0.310 e. The fraction of sp³-hybridized carbons (Fsp3) is 0.0500. The first-order valence-electron chi connectivity index (χ1n) is 8.66. The van der Waals surface area contributed by atoms with Gasteiger partial charge in [-0.15, -0.1) is 10.2 Å². The summed E-state index contributed by atoms with van der Waals surface area (Å²) in [6.07, 6.45) is 4.90. The second-order valence-corrected chi connectivity index (χ2v) is 7.29. The topological polar surface area (TPSA) is 85.6 Å². The van der Waals surface area contributed by atoms with Crippen LogP contribution < -0.4 is 5.32 Å². The molecule has 0 fully saturated rings. The van der Waals surface area contributed by atoms with Crippen LogP contribution in [0.3, 0.4) is 0 Å². The lowest BCUT2D eigenvalue weighted by Gasteiger charge is -2.10. The summed E-state index contributed by atoms with van der Waals surface area (Å²) in [5.41, 5.74) is 1.80. The number of carbonyl (C=O) groups is 1. The minimum Gasteiger partial charge on any atom is -0.310 e. The Bertz CT molecular complexity index is 1100. The fourth-order valence-corrected chi connectivity index (χ4v) is 3.48. The Balaban J connectivity index is 1.56. The summed E-state index contributed by atoms with van der Waals surface area (Å²) in [5.74, 6) is 1.09. The standard InChI is InChI=1S/C20H15ClN6OS/c21-15-6-7-17(23-12-15)24-18(28)13-29-20-26-25-19(14-8-10-22-11-9-14)27(20)16-4-2-1-3-5-16/h1-12H,13H2,(H,23,24,28). The predicted molar refractivity (Wildman–Crippen MR) is 113 cm³/mol. The molecule has 9 heteroatoms. The van der Waals surface area contributed by atoms with Crippen LogP contribution in [0.5, 0.6) is 0 Å². The van der Waals surface area contributed by atoms with E-state index in [2.05, 4.69) is 25.5 Å². The average molecular weight is 423 g/mol. The molecule has 0 aliphatic carbocycles. The quantitative estimate of drug-likeness (QED) is 0.470. The molecule has 1 N–H and O–H groups in total. The summed E-state index contributed by atoms with van der Waals surface area (Å²) in [4.78, 5) is 20.4. The van der Waals surface area contributed by atoms with Gasteiger partial charge in [-0.25, -0.2) is 4.98 Å². The number of benzene rings is 1. The molecule has 0 radical (unpaired) electrons. The van der Waals surface area contributed by atoms with Gasteiger partial charge < -0.3 is 5.32 Å². The van der Waals surface area contributed by atoms with Crippen LogP contribution in [0.4, 0.5) is 5.82 Å². The third kappa shape index (κ3) is 4.61. The van der Waals surface area contributed by atoms with Gasteiger partial charge in [-0.3, -0.25) is 14.3 Å². The highest BCUT2D eigenvalue weighted by Gasteiger charge is 2.17. The van der Waals surface area contributed by atoms with E-state index in [-0.39, 0.29) is 11.7 Å². The Morgan fingerprint density at radius 2 is 1.83 bits per heavy atom. The van der Waals surface area contributed by atoms with Crippen LogP contribution >= 0.6 is 23.4 Å². The Morgan fingerprint density at radius 1 is 1.03 bits per heavy atom. The van der Waals surface area contributed by atoms with Crippen molar-refractivity contribution >= 4 is 35.1 Å². The van der Waals surface area contributed by atoms with Crippen molar-refractivity contribution in [1.29, 1.82) is 0 Å². The SMILES string of the molecule is O=C(CSc1nnc(-c2ccncc2)n1-c1ccccc1)Nc1ccc(Cl)cn1. The molecule has 4 aromatic rings. The van der Waals surface area contributed by atoms with E-state index in [4.69, 9.17) is 11.6 Å². The number of pyridine rings is 2. The van der Waals surface area contributed by atoms with Gasteiger partial charge in [0.25, 0.3) is 0 Å². The number of nitrogens with one attached hydrogen (secondary N) is 1. The molecule has 3 aromatic heterocycles. The molecule has 1 aromatic carbocycles. The van der Waals surface area contributed by atoms with Gasteiger partial charge in [0.1, 0.15) is 5.82 Å². The molecule has 144 valence electrons. The van der Waals surface area contributed by atoms with Crippen LogP contribution in [-0.2, 0) is 4.79 Å². The Hall–Kier alpha value is -3.23. The van der Waals surface area contributed by atoms with Gasteiger partial charge in [-0.2, -0.15) is 0 Å². The molecule has 0 aliphatic heterocycles. The van der Waals surface area contributed by atoms with Gasteiger partial charge in [-0.1, -0.05) is 41.6 Å². The zero-order chi connectivity index (χ0) is 20.1. The molecular formula is C20H15ClN6OS. The zero-order valence-corrected chi connectivity index (χ0v) is 16.6. The monoisotopic (exact) mass is 422 g/mol. The number of hydrogen-bond donors (Lipinski definition) is 1. The first-order valence-corrected chi connectivity index (χ1v) is 10.0. The van der Waals surface area contributed by atoms with Crippen LogP contribution in [0.1, 0.15) is 0 Å². The van der Waals surface area contributed by atoms with E-state index in [1.165, 1.54) is 18.0 Å². The summed E-state index contributed by atoms with van der Waals surface area (Å²) in [6, 6.07) is 16.8. The van der Waals surface area contributed by atoms with E-state index in [0.29, 0.717) is 21.8 Å². The smallest absolute Gasteiger partial charge is 0.236 e. The minimum atomic E-state index is -0.196. The molecule has 0 aliphatic rings. The molecule has 0 atom stereocenters. The molecule has 1 amide bonds.